The number of amides is 3. The van der Waals surface area contributed by atoms with Gasteiger partial charge in [-0.2, -0.15) is 0 Å². The first-order valence-electron chi connectivity index (χ1n) is 10.7. The molecule has 1 aliphatic rings. The minimum absolute atomic E-state index is 0.0448. The van der Waals surface area contributed by atoms with Gasteiger partial charge in [-0.1, -0.05) is 44.2 Å². The van der Waals surface area contributed by atoms with Crippen LogP contribution in [0.25, 0.3) is 0 Å². The lowest BCUT2D eigenvalue weighted by atomic mass is 10.0. The summed E-state index contributed by atoms with van der Waals surface area (Å²) in [7, 11) is 0. The van der Waals surface area contributed by atoms with Gasteiger partial charge in [0.25, 0.3) is 17.7 Å². The summed E-state index contributed by atoms with van der Waals surface area (Å²) in [5, 5.41) is 3.01. The lowest BCUT2D eigenvalue weighted by Gasteiger charge is -2.34. The van der Waals surface area contributed by atoms with E-state index in [1.165, 1.54) is 4.90 Å². The first-order valence-corrected chi connectivity index (χ1v) is 10.7. The molecule has 1 aliphatic heterocycles. The van der Waals surface area contributed by atoms with E-state index in [4.69, 9.17) is 4.74 Å². The summed E-state index contributed by atoms with van der Waals surface area (Å²) in [4.78, 5) is 39.6. The van der Waals surface area contributed by atoms with Crippen molar-refractivity contribution in [3.05, 3.63) is 64.7 Å². The number of rotatable bonds is 8. The van der Waals surface area contributed by atoms with Crippen LogP contribution >= 0.6 is 0 Å². The molecule has 3 rings (SSSR count). The first-order chi connectivity index (χ1) is 14.7. The minimum atomic E-state index is -0.905. The van der Waals surface area contributed by atoms with E-state index in [1.54, 1.807) is 45.0 Å². The monoisotopic (exact) mass is 422 g/mol. The van der Waals surface area contributed by atoms with Gasteiger partial charge in [-0.25, -0.2) is 0 Å². The molecule has 2 aromatic carbocycles. The number of hydrogen-bond donors (Lipinski definition) is 1. The Morgan fingerprint density at radius 1 is 0.968 bits per heavy atom. The van der Waals surface area contributed by atoms with E-state index in [0.717, 1.165) is 29.7 Å². The Kier molecular flexibility index (Phi) is 6.60. The van der Waals surface area contributed by atoms with Gasteiger partial charge >= 0.3 is 0 Å². The number of ether oxygens (including phenoxy) is 1. The summed E-state index contributed by atoms with van der Waals surface area (Å²) in [6, 6.07) is 12.8. The molecule has 164 valence electrons. The highest BCUT2D eigenvalue weighted by atomic mass is 16.5. The molecule has 2 aromatic rings. The maximum atomic E-state index is 12.8. The van der Waals surface area contributed by atoms with Gasteiger partial charge in [0.05, 0.1) is 23.3 Å². The van der Waals surface area contributed by atoms with Crippen molar-refractivity contribution < 1.29 is 19.1 Å². The maximum absolute atomic E-state index is 12.8. The number of nitrogens with zero attached hydrogens (tertiary/aromatic N) is 1. The number of carbonyl (C=O) groups is 3. The molecule has 0 aliphatic carbocycles. The van der Waals surface area contributed by atoms with Crippen LogP contribution in [-0.2, 0) is 22.4 Å². The topological polar surface area (TPSA) is 75.7 Å². The Morgan fingerprint density at radius 2 is 1.48 bits per heavy atom. The Morgan fingerprint density at radius 3 is 1.97 bits per heavy atom. The lowest BCUT2D eigenvalue weighted by Crippen LogP contribution is -2.51. The third kappa shape index (κ3) is 4.39. The fourth-order valence-corrected chi connectivity index (χ4v) is 3.84. The van der Waals surface area contributed by atoms with E-state index < -0.39 is 11.6 Å². The van der Waals surface area contributed by atoms with Gasteiger partial charge in [0, 0.05) is 5.69 Å². The van der Waals surface area contributed by atoms with Gasteiger partial charge < -0.3 is 10.1 Å². The molecule has 1 atom stereocenters. The van der Waals surface area contributed by atoms with E-state index in [-0.39, 0.29) is 24.3 Å². The fourth-order valence-electron chi connectivity index (χ4n) is 3.84. The number of fused-ring (bicyclic) bond motifs is 1. The Balaban J connectivity index is 1.68. The zero-order chi connectivity index (χ0) is 22.8. The molecule has 0 saturated heterocycles. The second-order valence-corrected chi connectivity index (χ2v) is 8.40. The van der Waals surface area contributed by atoms with E-state index in [1.807, 2.05) is 18.2 Å². The molecule has 31 heavy (non-hydrogen) atoms. The highest BCUT2D eigenvalue weighted by Gasteiger charge is 2.44. The maximum Gasteiger partial charge on any atom is 0.262 e. The third-order valence-corrected chi connectivity index (χ3v) is 5.70. The predicted molar refractivity (Wildman–Crippen MR) is 120 cm³/mol. The number of anilines is 1. The standard InChI is InChI=1S/C25H30N2O4/c1-6-17-11-10-12-18(7-2)21(17)26-22(28)16(3)31-15-25(4,5)27-23(29)19-13-8-9-14-20(19)24(27)30/h8-14,16H,6-7,15H2,1-5H3,(H,26,28). The fraction of sp³-hybridized carbons (Fsp3) is 0.400. The van der Waals surface area contributed by atoms with Crippen molar-refractivity contribution in [3.63, 3.8) is 0 Å². The number of hydrogen-bond acceptors (Lipinski definition) is 4. The van der Waals surface area contributed by atoms with E-state index in [9.17, 15) is 14.4 Å². The van der Waals surface area contributed by atoms with Crippen molar-refractivity contribution in [3.8, 4) is 0 Å². The molecule has 0 aromatic heterocycles. The van der Waals surface area contributed by atoms with Crippen LogP contribution in [0.1, 0.15) is 66.5 Å². The van der Waals surface area contributed by atoms with Crippen LogP contribution in [0.5, 0.6) is 0 Å². The molecule has 0 radical (unpaired) electrons. The van der Waals surface area contributed by atoms with Crippen molar-refractivity contribution in [2.75, 3.05) is 11.9 Å². The molecule has 6 nitrogen and oxygen atoms in total. The van der Waals surface area contributed by atoms with Gasteiger partial charge in [-0.15, -0.1) is 0 Å². The number of para-hydroxylation sites is 1. The Hall–Kier alpha value is -2.99. The smallest absolute Gasteiger partial charge is 0.262 e. The van der Waals surface area contributed by atoms with E-state index in [2.05, 4.69) is 19.2 Å². The quantitative estimate of drug-likeness (QED) is 0.646. The van der Waals surface area contributed by atoms with E-state index >= 15 is 0 Å². The van der Waals surface area contributed by atoms with Crippen LogP contribution in [0.15, 0.2) is 42.5 Å². The summed E-state index contributed by atoms with van der Waals surface area (Å²) in [5.74, 6) is -0.930. The summed E-state index contributed by atoms with van der Waals surface area (Å²) in [5.41, 5.74) is 2.88. The normalized spacial score (nSPS) is 14.5. The van der Waals surface area contributed by atoms with Crippen LogP contribution in [-0.4, -0.2) is 40.9 Å². The predicted octanol–water partition coefficient (Wildman–Crippen LogP) is 4.23. The molecule has 0 bridgehead atoms. The minimum Gasteiger partial charge on any atom is -0.366 e. The SMILES string of the molecule is CCc1cccc(CC)c1NC(=O)C(C)OCC(C)(C)N1C(=O)c2ccccc2C1=O. The molecular formula is C25H30N2O4. The summed E-state index contributed by atoms with van der Waals surface area (Å²) >= 11 is 0. The molecule has 0 fully saturated rings. The van der Waals surface area contributed by atoms with Crippen LogP contribution in [0.2, 0.25) is 0 Å². The zero-order valence-electron chi connectivity index (χ0n) is 18.8. The zero-order valence-corrected chi connectivity index (χ0v) is 18.8. The molecule has 0 saturated carbocycles. The second kappa shape index (κ2) is 9.02. The van der Waals surface area contributed by atoms with Crippen LogP contribution in [0, 0.1) is 0 Å². The van der Waals surface area contributed by atoms with Crippen molar-refractivity contribution >= 4 is 23.4 Å². The van der Waals surface area contributed by atoms with Gasteiger partial charge in [-0.3, -0.25) is 19.3 Å². The molecule has 1 heterocycles. The molecular weight excluding hydrogens is 392 g/mol. The van der Waals surface area contributed by atoms with Crippen LogP contribution < -0.4 is 5.32 Å². The highest BCUT2D eigenvalue weighted by molar-refractivity contribution is 6.21. The number of carbonyl (C=O) groups excluding carboxylic acids is 3. The average Bonchev–Trinajstić information content (AvgIpc) is 3.03. The number of nitrogens with one attached hydrogen (secondary N) is 1. The van der Waals surface area contributed by atoms with Crippen molar-refractivity contribution in [1.29, 1.82) is 0 Å². The second-order valence-electron chi connectivity index (χ2n) is 8.40. The van der Waals surface area contributed by atoms with Gasteiger partial charge in [0.1, 0.15) is 6.10 Å². The lowest BCUT2D eigenvalue weighted by molar-refractivity contribution is -0.128. The van der Waals surface area contributed by atoms with Crippen molar-refractivity contribution in [2.24, 2.45) is 0 Å². The van der Waals surface area contributed by atoms with Crippen LogP contribution in [0.4, 0.5) is 5.69 Å². The van der Waals surface area contributed by atoms with Gasteiger partial charge in [-0.05, 0) is 56.9 Å². The van der Waals surface area contributed by atoms with E-state index in [0.29, 0.717) is 11.1 Å². The highest BCUT2D eigenvalue weighted by Crippen LogP contribution is 2.30. The van der Waals surface area contributed by atoms with Crippen molar-refractivity contribution in [1.82, 2.24) is 4.90 Å². The summed E-state index contributed by atoms with van der Waals surface area (Å²) in [6.45, 7) is 9.35. The van der Waals surface area contributed by atoms with Gasteiger partial charge in [0.2, 0.25) is 0 Å². The average molecular weight is 423 g/mol. The number of imide groups is 1. The molecule has 1 N–H and O–H groups in total. The summed E-state index contributed by atoms with van der Waals surface area (Å²) < 4.78 is 5.84. The largest absolute Gasteiger partial charge is 0.366 e. The van der Waals surface area contributed by atoms with Crippen LogP contribution in [0.3, 0.4) is 0 Å². The number of benzene rings is 2. The Labute approximate surface area is 183 Å². The first kappa shape index (κ1) is 22.7. The molecule has 1 unspecified atom stereocenters. The van der Waals surface area contributed by atoms with Gasteiger partial charge in [0.15, 0.2) is 0 Å². The number of aryl methyl sites for hydroxylation is 2. The molecule has 0 spiro atoms. The molecule has 3 amide bonds. The Bertz CT molecular complexity index is 955. The summed E-state index contributed by atoms with van der Waals surface area (Å²) in [6.07, 6.45) is 0.876. The third-order valence-electron chi connectivity index (χ3n) is 5.70. The molecule has 6 heteroatoms. The van der Waals surface area contributed by atoms with Crippen molar-refractivity contribution in [2.45, 2.75) is 59.1 Å².